The van der Waals surface area contributed by atoms with E-state index in [9.17, 15) is 14.7 Å². The molecule has 0 aliphatic heterocycles. The summed E-state index contributed by atoms with van der Waals surface area (Å²) in [6.45, 7) is 6.48. The second-order valence-electron chi connectivity index (χ2n) is 13.1. The first-order valence-electron chi connectivity index (χ1n) is 18.5. The van der Waals surface area contributed by atoms with E-state index in [1.165, 1.54) is 135 Å². The Morgan fingerprint density at radius 2 is 0.881 bits per heavy atom. The molecule has 0 aromatic carbocycles. The lowest BCUT2D eigenvalue weighted by molar-refractivity contribution is -0.161. The SMILES string of the molecule is CCCCCCCCCCCCCCCCCC(=O)OC[C@H](CO)OC(=O)CCCCCCCCCCCCC(C)C. The highest BCUT2D eigenvalue weighted by atomic mass is 16.6. The minimum Gasteiger partial charge on any atom is -0.462 e. The normalized spacial score (nSPS) is 12.1. The van der Waals surface area contributed by atoms with Gasteiger partial charge in [0.05, 0.1) is 6.61 Å². The standard InChI is InChI=1S/C37H72O5/c1-4-5-6-7-8-9-10-11-12-13-14-18-21-24-27-30-36(39)41-33-35(32-38)42-37(40)31-28-25-22-19-16-15-17-20-23-26-29-34(2)3/h34-35,38H,4-33H2,1-3H3/t35-/m0/s1. The molecule has 1 atom stereocenters. The van der Waals surface area contributed by atoms with Gasteiger partial charge in [0, 0.05) is 12.8 Å². The molecule has 0 aliphatic rings. The minimum absolute atomic E-state index is 0.0583. The van der Waals surface area contributed by atoms with Gasteiger partial charge in [0.2, 0.25) is 0 Å². The Kier molecular flexibility index (Phi) is 31.9. The van der Waals surface area contributed by atoms with Crippen LogP contribution in [0.1, 0.15) is 201 Å². The summed E-state index contributed by atoms with van der Waals surface area (Å²) >= 11 is 0. The van der Waals surface area contributed by atoms with Crippen LogP contribution in [0.15, 0.2) is 0 Å². The number of carbonyl (C=O) groups is 2. The largest absolute Gasteiger partial charge is 0.462 e. The number of carbonyl (C=O) groups excluding carboxylic acids is 2. The lowest BCUT2D eigenvalue weighted by Gasteiger charge is -2.15. The highest BCUT2D eigenvalue weighted by Crippen LogP contribution is 2.15. The fourth-order valence-electron chi connectivity index (χ4n) is 5.50. The molecule has 0 unspecified atom stereocenters. The maximum Gasteiger partial charge on any atom is 0.306 e. The molecule has 0 rings (SSSR count). The monoisotopic (exact) mass is 597 g/mol. The van der Waals surface area contributed by atoms with Crippen molar-refractivity contribution in [1.29, 1.82) is 0 Å². The smallest absolute Gasteiger partial charge is 0.306 e. The first-order valence-corrected chi connectivity index (χ1v) is 18.5. The first-order chi connectivity index (χ1) is 20.5. The van der Waals surface area contributed by atoms with Crippen LogP contribution in [0.5, 0.6) is 0 Å². The van der Waals surface area contributed by atoms with Crippen LogP contribution >= 0.6 is 0 Å². The van der Waals surface area contributed by atoms with Gasteiger partial charge in [-0.3, -0.25) is 9.59 Å². The van der Waals surface area contributed by atoms with Gasteiger partial charge in [0.1, 0.15) is 6.61 Å². The van der Waals surface area contributed by atoms with Crippen LogP contribution in [0.2, 0.25) is 0 Å². The van der Waals surface area contributed by atoms with Crippen molar-refractivity contribution in [2.24, 2.45) is 5.92 Å². The van der Waals surface area contributed by atoms with Crippen LogP contribution in [-0.2, 0) is 19.1 Å². The van der Waals surface area contributed by atoms with E-state index >= 15 is 0 Å². The number of ether oxygens (including phenoxy) is 2. The number of aliphatic hydroxyl groups excluding tert-OH is 1. The predicted molar refractivity (Wildman–Crippen MR) is 178 cm³/mol. The van der Waals surface area contributed by atoms with Crippen LogP contribution < -0.4 is 0 Å². The number of hydrogen-bond acceptors (Lipinski definition) is 5. The lowest BCUT2D eigenvalue weighted by Crippen LogP contribution is -2.28. The molecular weight excluding hydrogens is 524 g/mol. The molecule has 0 radical (unpaired) electrons. The summed E-state index contributed by atoms with van der Waals surface area (Å²) in [5.74, 6) is 0.247. The molecule has 0 aromatic rings. The zero-order valence-electron chi connectivity index (χ0n) is 28.4. The Morgan fingerprint density at radius 3 is 1.26 bits per heavy atom. The van der Waals surface area contributed by atoms with Crippen LogP contribution in [0.3, 0.4) is 0 Å². The van der Waals surface area contributed by atoms with E-state index in [0.29, 0.717) is 12.8 Å². The molecule has 42 heavy (non-hydrogen) atoms. The van der Waals surface area contributed by atoms with Gasteiger partial charge in [0.15, 0.2) is 6.10 Å². The number of rotatable bonds is 33. The highest BCUT2D eigenvalue weighted by Gasteiger charge is 2.16. The third kappa shape index (κ3) is 31.8. The molecule has 0 amide bonds. The quantitative estimate of drug-likeness (QED) is 0.0602. The predicted octanol–water partition coefficient (Wildman–Crippen LogP) is 11.0. The molecule has 5 nitrogen and oxygen atoms in total. The van der Waals surface area contributed by atoms with Crippen molar-refractivity contribution >= 4 is 11.9 Å². The van der Waals surface area contributed by atoms with Gasteiger partial charge < -0.3 is 14.6 Å². The number of esters is 2. The Labute approximate surface area is 261 Å². The third-order valence-corrected chi connectivity index (χ3v) is 8.33. The molecule has 0 saturated heterocycles. The van der Waals surface area contributed by atoms with Gasteiger partial charge in [-0.1, -0.05) is 175 Å². The number of aliphatic hydroxyl groups is 1. The van der Waals surface area contributed by atoms with Crippen molar-refractivity contribution < 1.29 is 24.2 Å². The summed E-state index contributed by atoms with van der Waals surface area (Å²) in [4.78, 5) is 24.2. The average Bonchev–Trinajstić information content (AvgIpc) is 2.97. The topological polar surface area (TPSA) is 72.8 Å². The van der Waals surface area contributed by atoms with Gasteiger partial charge in [-0.05, 0) is 18.8 Å². The second kappa shape index (κ2) is 32.8. The van der Waals surface area contributed by atoms with Gasteiger partial charge >= 0.3 is 11.9 Å². The summed E-state index contributed by atoms with van der Waals surface area (Å²) in [5, 5.41) is 9.52. The molecule has 0 fully saturated rings. The Morgan fingerprint density at radius 1 is 0.524 bits per heavy atom. The molecule has 0 aromatic heterocycles. The average molecular weight is 597 g/mol. The van der Waals surface area contributed by atoms with Crippen molar-refractivity contribution in [2.45, 2.75) is 207 Å². The van der Waals surface area contributed by atoms with E-state index in [1.54, 1.807) is 0 Å². The van der Waals surface area contributed by atoms with Crippen LogP contribution in [-0.4, -0.2) is 36.4 Å². The zero-order valence-corrected chi connectivity index (χ0v) is 28.4. The zero-order chi connectivity index (χ0) is 30.9. The Hall–Kier alpha value is -1.10. The molecule has 0 saturated carbocycles. The fraction of sp³-hybridized carbons (Fsp3) is 0.946. The van der Waals surface area contributed by atoms with E-state index in [1.807, 2.05) is 0 Å². The van der Waals surface area contributed by atoms with E-state index in [2.05, 4.69) is 20.8 Å². The lowest BCUT2D eigenvalue weighted by atomic mass is 10.0. The maximum absolute atomic E-state index is 12.1. The summed E-state index contributed by atoms with van der Waals surface area (Å²) < 4.78 is 10.6. The van der Waals surface area contributed by atoms with Gasteiger partial charge in [0.25, 0.3) is 0 Å². The van der Waals surface area contributed by atoms with Crippen molar-refractivity contribution in [1.82, 2.24) is 0 Å². The molecule has 0 aliphatic carbocycles. The maximum atomic E-state index is 12.1. The number of unbranched alkanes of at least 4 members (excludes halogenated alkanes) is 23. The molecule has 5 heteroatoms. The second-order valence-corrected chi connectivity index (χ2v) is 13.1. The first kappa shape index (κ1) is 40.9. The summed E-state index contributed by atoms with van der Waals surface area (Å²) in [5.41, 5.74) is 0. The summed E-state index contributed by atoms with van der Waals surface area (Å²) in [6.07, 6.45) is 33.0. The van der Waals surface area contributed by atoms with Gasteiger partial charge in [-0.25, -0.2) is 0 Å². The third-order valence-electron chi connectivity index (χ3n) is 8.33. The van der Waals surface area contributed by atoms with Crippen molar-refractivity contribution in [3.63, 3.8) is 0 Å². The Bertz CT molecular complexity index is 577. The summed E-state index contributed by atoms with van der Waals surface area (Å²) in [6, 6.07) is 0. The van der Waals surface area contributed by atoms with E-state index in [-0.39, 0.29) is 25.2 Å². The van der Waals surface area contributed by atoms with Crippen molar-refractivity contribution in [3.8, 4) is 0 Å². The molecule has 1 N–H and O–H groups in total. The van der Waals surface area contributed by atoms with Crippen LogP contribution in [0.4, 0.5) is 0 Å². The molecule has 0 bridgehead atoms. The fourth-order valence-corrected chi connectivity index (χ4v) is 5.50. The molecule has 0 heterocycles. The minimum atomic E-state index is -0.761. The van der Waals surface area contributed by atoms with E-state index < -0.39 is 6.10 Å². The van der Waals surface area contributed by atoms with Gasteiger partial charge in [-0.2, -0.15) is 0 Å². The molecule has 250 valence electrons. The van der Waals surface area contributed by atoms with Crippen LogP contribution in [0.25, 0.3) is 0 Å². The molecule has 0 spiro atoms. The van der Waals surface area contributed by atoms with Crippen molar-refractivity contribution in [3.05, 3.63) is 0 Å². The summed E-state index contributed by atoms with van der Waals surface area (Å²) in [7, 11) is 0. The van der Waals surface area contributed by atoms with E-state index in [4.69, 9.17) is 9.47 Å². The highest BCUT2D eigenvalue weighted by molar-refractivity contribution is 5.70. The number of hydrogen-bond donors (Lipinski definition) is 1. The molecular formula is C37H72O5. The Balaban J connectivity index is 3.52. The van der Waals surface area contributed by atoms with Gasteiger partial charge in [-0.15, -0.1) is 0 Å². The van der Waals surface area contributed by atoms with Crippen LogP contribution in [0, 0.1) is 5.92 Å². The van der Waals surface area contributed by atoms with Crippen molar-refractivity contribution in [2.75, 3.05) is 13.2 Å². The van der Waals surface area contributed by atoms with E-state index in [0.717, 1.165) is 38.0 Å².